The second kappa shape index (κ2) is 6.03. The lowest BCUT2D eigenvalue weighted by atomic mass is 9.75. The van der Waals surface area contributed by atoms with E-state index in [-0.39, 0.29) is 17.3 Å². The van der Waals surface area contributed by atoms with Crippen molar-refractivity contribution in [3.8, 4) is 0 Å². The van der Waals surface area contributed by atoms with E-state index in [0.717, 1.165) is 34.5 Å². The van der Waals surface area contributed by atoms with Crippen LogP contribution < -0.4 is 0 Å². The van der Waals surface area contributed by atoms with Gasteiger partial charge in [-0.05, 0) is 22.6 Å². The van der Waals surface area contributed by atoms with Crippen molar-refractivity contribution in [2.45, 2.75) is 32.8 Å². The van der Waals surface area contributed by atoms with Crippen molar-refractivity contribution in [3.05, 3.63) is 88.7 Å². The van der Waals surface area contributed by atoms with Crippen molar-refractivity contribution in [1.82, 2.24) is 0 Å². The highest BCUT2D eigenvalue weighted by atomic mass is 16.5. The Hall–Kier alpha value is -2.61. The van der Waals surface area contributed by atoms with Crippen molar-refractivity contribution in [2.75, 3.05) is 0 Å². The Bertz CT molecular complexity index is 857. The second-order valence-corrected chi connectivity index (χ2v) is 7.66. The van der Waals surface area contributed by atoms with E-state index in [2.05, 4.69) is 44.2 Å². The average molecular weight is 330 g/mol. The number of allylic oxidation sites excluding steroid dienone is 1. The van der Waals surface area contributed by atoms with Crippen LogP contribution in [-0.2, 0) is 9.53 Å². The van der Waals surface area contributed by atoms with Crippen LogP contribution >= 0.6 is 0 Å². The zero-order valence-corrected chi connectivity index (χ0v) is 14.7. The topological polar surface area (TPSA) is 26.3 Å². The highest BCUT2D eigenvalue weighted by Gasteiger charge is 2.42. The number of rotatable bonds is 2. The van der Waals surface area contributed by atoms with E-state index < -0.39 is 0 Å². The van der Waals surface area contributed by atoms with E-state index in [9.17, 15) is 4.79 Å². The smallest absolute Gasteiger partial charge is 0.167 e. The lowest BCUT2D eigenvalue weighted by Gasteiger charge is -2.28. The maximum atomic E-state index is 12.9. The van der Waals surface area contributed by atoms with Gasteiger partial charge in [0.1, 0.15) is 11.9 Å². The van der Waals surface area contributed by atoms with Gasteiger partial charge in [0.05, 0.1) is 5.57 Å². The van der Waals surface area contributed by atoms with Crippen LogP contribution in [0.25, 0.3) is 6.08 Å². The van der Waals surface area contributed by atoms with E-state index >= 15 is 0 Å². The van der Waals surface area contributed by atoms with E-state index in [0.29, 0.717) is 6.42 Å². The highest BCUT2D eigenvalue weighted by Crippen LogP contribution is 2.50. The number of carbonyl (C=O) groups excluding carboxylic acids is 1. The maximum absolute atomic E-state index is 12.9. The van der Waals surface area contributed by atoms with Gasteiger partial charge in [-0.1, -0.05) is 74.5 Å². The van der Waals surface area contributed by atoms with E-state index in [1.54, 1.807) is 0 Å². The predicted octanol–water partition coefficient (Wildman–Crippen LogP) is 5.48. The lowest BCUT2D eigenvalue weighted by Crippen LogP contribution is -2.24. The normalized spacial score (nSPS) is 23.5. The summed E-state index contributed by atoms with van der Waals surface area (Å²) in [6, 6.07) is 20.3. The molecule has 0 saturated heterocycles. The SMILES string of the molecule is CC1(C)CC(=O)C2=C(C1)OC(c1ccccc1)/C2=C\c1ccccc1. The average Bonchev–Trinajstić information content (AvgIpc) is 2.93. The molecular formula is C23H22O2. The predicted molar refractivity (Wildman–Crippen MR) is 99.7 cm³/mol. The van der Waals surface area contributed by atoms with Crippen LogP contribution in [0.2, 0.25) is 0 Å². The van der Waals surface area contributed by atoms with Gasteiger partial charge in [0.15, 0.2) is 5.78 Å². The molecule has 2 nitrogen and oxygen atoms in total. The first-order valence-electron chi connectivity index (χ1n) is 8.78. The summed E-state index contributed by atoms with van der Waals surface area (Å²) in [5, 5.41) is 0. The molecule has 25 heavy (non-hydrogen) atoms. The Kier molecular flexibility index (Phi) is 3.84. The Labute approximate surface area is 148 Å². The third-order valence-corrected chi connectivity index (χ3v) is 4.89. The molecule has 2 heteroatoms. The standard InChI is InChI=1S/C23H22O2/c1-23(2)14-19(24)21-18(13-16-9-5-3-6-10-16)22(25-20(21)15-23)17-11-7-4-8-12-17/h3-13,22H,14-15H2,1-2H3/b18-13-. The molecule has 0 saturated carbocycles. The minimum atomic E-state index is -0.204. The van der Waals surface area contributed by atoms with Gasteiger partial charge in [-0.3, -0.25) is 4.79 Å². The molecule has 0 amide bonds. The minimum Gasteiger partial charge on any atom is -0.485 e. The fourth-order valence-corrected chi connectivity index (χ4v) is 3.78. The van der Waals surface area contributed by atoms with Gasteiger partial charge in [0.25, 0.3) is 0 Å². The molecule has 1 aliphatic heterocycles. The molecule has 0 aromatic heterocycles. The van der Waals surface area contributed by atoms with Gasteiger partial charge < -0.3 is 4.74 Å². The first-order chi connectivity index (χ1) is 12.0. The summed E-state index contributed by atoms with van der Waals surface area (Å²) in [6.45, 7) is 4.27. The van der Waals surface area contributed by atoms with Crippen LogP contribution in [0.3, 0.4) is 0 Å². The van der Waals surface area contributed by atoms with Gasteiger partial charge >= 0.3 is 0 Å². The lowest BCUT2D eigenvalue weighted by molar-refractivity contribution is -0.118. The largest absolute Gasteiger partial charge is 0.485 e. The summed E-state index contributed by atoms with van der Waals surface area (Å²) in [4.78, 5) is 12.9. The fraction of sp³-hybridized carbons (Fsp3) is 0.261. The summed E-state index contributed by atoms with van der Waals surface area (Å²) < 4.78 is 6.33. The van der Waals surface area contributed by atoms with Crippen LogP contribution in [0.5, 0.6) is 0 Å². The monoisotopic (exact) mass is 330 g/mol. The highest BCUT2D eigenvalue weighted by molar-refractivity contribution is 6.03. The molecule has 0 fully saturated rings. The van der Waals surface area contributed by atoms with Crippen molar-refractivity contribution in [3.63, 3.8) is 0 Å². The van der Waals surface area contributed by atoms with Gasteiger partial charge in [-0.25, -0.2) is 0 Å². The Morgan fingerprint density at radius 3 is 2.28 bits per heavy atom. The van der Waals surface area contributed by atoms with Gasteiger partial charge in [0, 0.05) is 18.4 Å². The van der Waals surface area contributed by atoms with Crippen LogP contribution in [0, 0.1) is 5.41 Å². The Morgan fingerprint density at radius 1 is 0.960 bits per heavy atom. The van der Waals surface area contributed by atoms with Crippen LogP contribution in [0.1, 0.15) is 43.9 Å². The molecule has 0 N–H and O–H groups in total. The molecule has 1 aliphatic carbocycles. The molecule has 1 atom stereocenters. The first kappa shape index (κ1) is 15.9. The summed E-state index contributed by atoms with van der Waals surface area (Å²) in [7, 11) is 0. The number of ether oxygens (including phenoxy) is 1. The van der Waals surface area contributed by atoms with Crippen molar-refractivity contribution in [2.24, 2.45) is 5.41 Å². The number of ketones is 1. The minimum absolute atomic E-state index is 0.0423. The van der Waals surface area contributed by atoms with E-state index in [1.807, 2.05) is 36.4 Å². The Balaban J connectivity index is 1.83. The van der Waals surface area contributed by atoms with Gasteiger partial charge in [0.2, 0.25) is 0 Å². The summed E-state index contributed by atoms with van der Waals surface area (Å²) in [6.07, 6.45) is 3.28. The van der Waals surface area contributed by atoms with Crippen molar-refractivity contribution < 1.29 is 9.53 Å². The van der Waals surface area contributed by atoms with Crippen molar-refractivity contribution >= 4 is 11.9 Å². The number of hydrogen-bond donors (Lipinski definition) is 0. The fourth-order valence-electron chi connectivity index (χ4n) is 3.78. The summed E-state index contributed by atoms with van der Waals surface area (Å²) in [5.41, 5.74) is 3.93. The number of hydrogen-bond acceptors (Lipinski definition) is 2. The maximum Gasteiger partial charge on any atom is 0.167 e. The number of Topliss-reactive ketones (excluding diaryl/α,β-unsaturated/α-hetero) is 1. The van der Waals surface area contributed by atoms with E-state index in [4.69, 9.17) is 4.74 Å². The summed E-state index contributed by atoms with van der Waals surface area (Å²) in [5.74, 6) is 1.06. The van der Waals surface area contributed by atoms with E-state index in [1.165, 1.54) is 0 Å². The molecule has 2 aromatic carbocycles. The van der Waals surface area contributed by atoms with Gasteiger partial charge in [-0.2, -0.15) is 0 Å². The van der Waals surface area contributed by atoms with Gasteiger partial charge in [-0.15, -0.1) is 0 Å². The molecule has 126 valence electrons. The molecular weight excluding hydrogens is 308 g/mol. The second-order valence-electron chi connectivity index (χ2n) is 7.66. The molecule has 2 aromatic rings. The quantitative estimate of drug-likeness (QED) is 0.728. The third-order valence-electron chi connectivity index (χ3n) is 4.89. The van der Waals surface area contributed by atoms with Crippen LogP contribution in [0.4, 0.5) is 0 Å². The zero-order valence-electron chi connectivity index (χ0n) is 14.7. The molecule has 1 unspecified atom stereocenters. The zero-order chi connectivity index (χ0) is 17.4. The molecule has 4 rings (SSSR count). The molecule has 2 aliphatic rings. The van der Waals surface area contributed by atoms with Crippen LogP contribution in [-0.4, -0.2) is 5.78 Å². The van der Waals surface area contributed by atoms with Crippen molar-refractivity contribution in [1.29, 1.82) is 0 Å². The molecule has 0 radical (unpaired) electrons. The number of benzene rings is 2. The summed E-state index contributed by atoms with van der Waals surface area (Å²) >= 11 is 0. The third kappa shape index (κ3) is 3.05. The number of carbonyl (C=O) groups is 1. The molecule has 0 bridgehead atoms. The van der Waals surface area contributed by atoms with Crippen LogP contribution in [0.15, 0.2) is 77.6 Å². The molecule has 0 spiro atoms. The first-order valence-corrected chi connectivity index (χ1v) is 8.78. The Morgan fingerprint density at radius 2 is 1.60 bits per heavy atom. The molecule has 1 heterocycles.